The minimum absolute atomic E-state index is 0.0285. The number of pyridine rings is 1. The first-order valence-electron chi connectivity index (χ1n) is 10.8. The van der Waals surface area contributed by atoms with Crippen LogP contribution in [0.2, 0.25) is 0 Å². The molecule has 1 aromatic heterocycles. The second-order valence-corrected chi connectivity index (χ2v) is 10.4. The Hall–Kier alpha value is -3.43. The first kappa shape index (κ1) is 21.4. The molecule has 3 heterocycles. The summed E-state index contributed by atoms with van der Waals surface area (Å²) in [4.78, 5) is 25.5. The molecule has 0 radical (unpaired) electrons. The smallest absolute Gasteiger partial charge is 0.310 e. The van der Waals surface area contributed by atoms with Gasteiger partial charge in [-0.05, 0) is 42.7 Å². The van der Waals surface area contributed by atoms with E-state index in [1.165, 1.54) is 10.4 Å². The molecule has 33 heavy (non-hydrogen) atoms. The predicted molar refractivity (Wildman–Crippen MR) is 126 cm³/mol. The van der Waals surface area contributed by atoms with Gasteiger partial charge in [0.1, 0.15) is 0 Å². The quantitative estimate of drug-likeness (QED) is 0.619. The van der Waals surface area contributed by atoms with Crippen molar-refractivity contribution < 1.29 is 13.2 Å². The maximum absolute atomic E-state index is 13.2. The molecule has 0 spiro atoms. The zero-order valence-corrected chi connectivity index (χ0v) is 18.7. The zero-order valence-electron chi connectivity index (χ0n) is 17.8. The van der Waals surface area contributed by atoms with Crippen molar-refractivity contribution in [3.63, 3.8) is 0 Å². The van der Waals surface area contributed by atoms with Gasteiger partial charge in [-0.25, -0.2) is 13.2 Å². The predicted octanol–water partition coefficient (Wildman–Crippen LogP) is 3.30. The van der Waals surface area contributed by atoms with Gasteiger partial charge in [0.2, 0.25) is 10.0 Å². The first-order valence-corrected chi connectivity index (χ1v) is 12.3. The van der Waals surface area contributed by atoms with Crippen LogP contribution in [0.1, 0.15) is 18.0 Å². The maximum atomic E-state index is 13.2. The van der Waals surface area contributed by atoms with E-state index in [1.54, 1.807) is 53.1 Å². The van der Waals surface area contributed by atoms with Crippen LogP contribution in [-0.4, -0.2) is 36.4 Å². The van der Waals surface area contributed by atoms with Gasteiger partial charge in [0.05, 0.1) is 10.6 Å². The molecule has 0 unspecified atom stereocenters. The van der Waals surface area contributed by atoms with Crippen molar-refractivity contribution in [2.75, 3.05) is 23.7 Å². The van der Waals surface area contributed by atoms with E-state index >= 15 is 0 Å². The molecule has 0 saturated carbocycles. The van der Waals surface area contributed by atoms with Crippen molar-refractivity contribution in [2.45, 2.75) is 23.8 Å². The lowest BCUT2D eigenvalue weighted by Gasteiger charge is -2.42. The fourth-order valence-electron chi connectivity index (χ4n) is 4.82. The summed E-state index contributed by atoms with van der Waals surface area (Å²) < 4.78 is 29.7. The van der Waals surface area contributed by atoms with Crippen molar-refractivity contribution in [3.05, 3.63) is 88.8 Å². The summed E-state index contributed by atoms with van der Waals surface area (Å²) >= 11 is 0. The number of aromatic nitrogens is 1. The number of carbonyl (C=O) groups is 1. The summed E-state index contributed by atoms with van der Waals surface area (Å²) in [6.07, 6.45) is 0.763. The van der Waals surface area contributed by atoms with Crippen LogP contribution in [0.5, 0.6) is 0 Å². The van der Waals surface area contributed by atoms with E-state index < -0.39 is 16.1 Å². The van der Waals surface area contributed by atoms with Gasteiger partial charge in [0.25, 0.3) is 5.56 Å². The molecule has 170 valence electrons. The van der Waals surface area contributed by atoms with Crippen LogP contribution in [-0.2, 0) is 16.6 Å². The lowest BCUT2D eigenvalue weighted by Crippen LogP contribution is -2.49. The number of para-hydroxylation sites is 1. The monoisotopic (exact) mass is 464 g/mol. The normalized spacial score (nSPS) is 20.0. The molecule has 1 fully saturated rings. The van der Waals surface area contributed by atoms with Crippen LogP contribution in [0, 0.1) is 5.92 Å². The first-order chi connectivity index (χ1) is 15.9. The largest absolute Gasteiger partial charge is 0.323 e. The van der Waals surface area contributed by atoms with Crippen LogP contribution < -0.4 is 16.2 Å². The third kappa shape index (κ3) is 4.17. The van der Waals surface area contributed by atoms with Gasteiger partial charge in [-0.15, -0.1) is 0 Å². The van der Waals surface area contributed by atoms with Crippen molar-refractivity contribution in [1.82, 2.24) is 8.87 Å². The second kappa shape index (κ2) is 8.49. The Labute approximate surface area is 191 Å². The molecule has 2 amide bonds. The number of benzene rings is 2. The van der Waals surface area contributed by atoms with Gasteiger partial charge in [0.15, 0.2) is 0 Å². The molecule has 2 aromatic carbocycles. The molecule has 5 rings (SSSR count). The Morgan fingerprint density at radius 3 is 2.27 bits per heavy atom. The number of nitrogens with zero attached hydrogens (tertiary/aromatic N) is 2. The Bertz CT molecular complexity index is 1340. The number of hydrogen-bond donors (Lipinski definition) is 2. The lowest BCUT2D eigenvalue weighted by atomic mass is 9.83. The van der Waals surface area contributed by atoms with Gasteiger partial charge in [0, 0.05) is 43.0 Å². The Kier molecular flexibility index (Phi) is 5.51. The minimum atomic E-state index is -3.65. The molecule has 2 aliphatic rings. The van der Waals surface area contributed by atoms with E-state index in [0.717, 1.165) is 6.42 Å². The number of nitrogens with one attached hydrogen (secondary N) is 2. The van der Waals surface area contributed by atoms with E-state index in [-0.39, 0.29) is 28.8 Å². The molecule has 0 aliphatic carbocycles. The molecular formula is C24H24N4O4S. The van der Waals surface area contributed by atoms with Crippen LogP contribution in [0.15, 0.2) is 82.5 Å². The Morgan fingerprint density at radius 2 is 1.55 bits per heavy atom. The van der Waals surface area contributed by atoms with E-state index in [0.29, 0.717) is 30.2 Å². The standard InChI is InChI=1S/C24H24N4O4S/c29-22-12-11-21(26-24(30)25-19-7-3-1-4-8-19)23-18-13-17(15-28(22)23)14-27(16-18)33(31,32)20-9-5-2-6-10-20/h1-12,17-18H,13-16H2,(H2,25,26,30)/t17-,18+/m0/s1. The van der Waals surface area contributed by atoms with Gasteiger partial charge in [-0.2, -0.15) is 4.31 Å². The number of carbonyl (C=O) groups excluding carboxylic acids is 1. The Balaban J connectivity index is 1.44. The number of rotatable bonds is 4. The molecule has 3 aromatic rings. The summed E-state index contributed by atoms with van der Waals surface area (Å²) in [6.45, 7) is 1.04. The van der Waals surface area contributed by atoms with Crippen molar-refractivity contribution >= 4 is 27.4 Å². The number of urea groups is 1. The van der Waals surface area contributed by atoms with Gasteiger partial charge in [-0.3, -0.25) is 4.79 Å². The van der Waals surface area contributed by atoms with Gasteiger partial charge in [-0.1, -0.05) is 36.4 Å². The third-order valence-electron chi connectivity index (χ3n) is 6.22. The average Bonchev–Trinajstić information content (AvgIpc) is 2.82. The molecule has 2 N–H and O–H groups in total. The van der Waals surface area contributed by atoms with Crippen molar-refractivity contribution in [1.29, 1.82) is 0 Å². The van der Waals surface area contributed by atoms with E-state index in [4.69, 9.17) is 0 Å². The zero-order chi connectivity index (χ0) is 23.0. The highest BCUT2D eigenvalue weighted by Gasteiger charge is 2.40. The number of fused-ring (bicyclic) bond motifs is 4. The summed E-state index contributed by atoms with van der Waals surface area (Å²) in [5.74, 6) is -0.169. The minimum Gasteiger partial charge on any atom is -0.310 e. The summed E-state index contributed by atoms with van der Waals surface area (Å²) in [6, 6.07) is 20.1. The number of amides is 2. The molecule has 8 nitrogen and oxygen atoms in total. The summed E-state index contributed by atoms with van der Waals surface area (Å²) in [5.41, 5.74) is 1.70. The topological polar surface area (TPSA) is 101 Å². The highest BCUT2D eigenvalue weighted by Crippen LogP contribution is 2.40. The fourth-order valence-corrected chi connectivity index (χ4v) is 6.40. The number of anilines is 2. The lowest BCUT2D eigenvalue weighted by molar-refractivity contribution is 0.187. The number of piperidine rings is 1. The van der Waals surface area contributed by atoms with Crippen LogP contribution >= 0.6 is 0 Å². The van der Waals surface area contributed by atoms with Crippen LogP contribution in [0.25, 0.3) is 0 Å². The highest BCUT2D eigenvalue weighted by atomic mass is 32.2. The van der Waals surface area contributed by atoms with Crippen molar-refractivity contribution in [3.8, 4) is 0 Å². The maximum Gasteiger partial charge on any atom is 0.323 e. The SMILES string of the molecule is O=C(Nc1ccccc1)Nc1ccc(=O)n2c1[C@@H]1C[C@@H](CN(S(=O)(=O)c3ccccc3)C1)C2. The van der Waals surface area contributed by atoms with E-state index in [2.05, 4.69) is 10.6 Å². The fraction of sp³-hybridized carbons (Fsp3) is 0.250. The molecule has 2 aliphatic heterocycles. The van der Waals surface area contributed by atoms with Crippen molar-refractivity contribution in [2.24, 2.45) is 5.92 Å². The number of hydrogen-bond acceptors (Lipinski definition) is 4. The molecule has 2 bridgehead atoms. The van der Waals surface area contributed by atoms with E-state index in [9.17, 15) is 18.0 Å². The number of sulfonamides is 1. The van der Waals surface area contributed by atoms with Gasteiger partial charge >= 0.3 is 6.03 Å². The Morgan fingerprint density at radius 1 is 0.848 bits per heavy atom. The van der Waals surface area contributed by atoms with Crippen LogP contribution in [0.4, 0.5) is 16.2 Å². The average molecular weight is 465 g/mol. The molecular weight excluding hydrogens is 440 g/mol. The summed E-state index contributed by atoms with van der Waals surface area (Å²) in [5, 5.41) is 5.63. The summed E-state index contributed by atoms with van der Waals surface area (Å²) in [7, 11) is -3.65. The third-order valence-corrected chi connectivity index (χ3v) is 8.06. The molecule has 9 heteroatoms. The van der Waals surface area contributed by atoms with Gasteiger partial charge < -0.3 is 15.2 Å². The van der Waals surface area contributed by atoms with E-state index in [1.807, 2.05) is 18.2 Å². The molecule has 2 atom stereocenters. The second-order valence-electron chi connectivity index (χ2n) is 8.46. The highest BCUT2D eigenvalue weighted by molar-refractivity contribution is 7.89. The molecule has 1 saturated heterocycles. The van der Waals surface area contributed by atoms with Crippen LogP contribution in [0.3, 0.4) is 0 Å².